The molecule has 3 rings (SSSR count). The average molecular weight is 340 g/mol. The molecule has 2 bridgehead atoms. The number of carbonyl (C=O) groups excluding carboxylic acids is 2. The molecule has 0 aromatic carbocycles. The lowest BCUT2D eigenvalue weighted by Crippen LogP contribution is -2.40. The topological polar surface area (TPSA) is 82.1 Å². The van der Waals surface area contributed by atoms with Crippen LogP contribution in [0.3, 0.4) is 0 Å². The van der Waals surface area contributed by atoms with E-state index in [1.807, 2.05) is 13.8 Å². The van der Waals surface area contributed by atoms with Crippen LogP contribution in [-0.2, 0) is 23.8 Å². The van der Waals surface area contributed by atoms with Crippen molar-refractivity contribution in [1.82, 2.24) is 0 Å². The fourth-order valence-electron chi connectivity index (χ4n) is 4.53. The molecule has 0 radical (unpaired) electrons. The van der Waals surface area contributed by atoms with E-state index in [1.165, 1.54) is 0 Å². The molecule has 1 N–H and O–H groups in total. The number of Topliss-reactive ketones (excluding diaryl/α,β-unsaturated/α-hetero) is 1. The van der Waals surface area contributed by atoms with Crippen LogP contribution in [0.15, 0.2) is 0 Å². The third-order valence-corrected chi connectivity index (χ3v) is 5.34. The average Bonchev–Trinajstić information content (AvgIpc) is 2.85. The van der Waals surface area contributed by atoms with Crippen molar-refractivity contribution in [3.05, 3.63) is 0 Å². The predicted octanol–water partition coefficient (Wildman–Crippen LogP) is 1.68. The molecular formula is C18H28O6. The van der Waals surface area contributed by atoms with E-state index < -0.39 is 35.3 Å². The van der Waals surface area contributed by atoms with Gasteiger partial charge in [0, 0.05) is 12.3 Å². The molecule has 0 amide bonds. The molecule has 1 aliphatic heterocycles. The van der Waals surface area contributed by atoms with E-state index in [0.29, 0.717) is 19.4 Å². The van der Waals surface area contributed by atoms with Gasteiger partial charge in [0.1, 0.15) is 11.4 Å². The van der Waals surface area contributed by atoms with Crippen molar-refractivity contribution in [2.45, 2.75) is 71.1 Å². The fourth-order valence-corrected chi connectivity index (χ4v) is 4.53. The van der Waals surface area contributed by atoms with Gasteiger partial charge >= 0.3 is 5.97 Å². The summed E-state index contributed by atoms with van der Waals surface area (Å²) >= 11 is 0. The van der Waals surface area contributed by atoms with E-state index in [-0.39, 0.29) is 23.7 Å². The standard InChI is InChI=1S/C18H28O6/c1-17(2,3)24-16(21)14-12(11-8-22-18(4,5)23-11)9-6-7-10(19)13(14)15(9)20/h9,11-15,20H,6-8H2,1-5H3/t9-,11-,12?,13+,14+,15-/m1/s1. The third kappa shape index (κ3) is 3.11. The third-order valence-electron chi connectivity index (χ3n) is 5.34. The molecule has 136 valence electrons. The Bertz CT molecular complexity index is 534. The van der Waals surface area contributed by atoms with Gasteiger partial charge in [-0.1, -0.05) is 0 Å². The van der Waals surface area contributed by atoms with Crippen molar-refractivity contribution in [3.8, 4) is 0 Å². The van der Waals surface area contributed by atoms with Gasteiger partial charge in [-0.3, -0.25) is 9.59 Å². The quantitative estimate of drug-likeness (QED) is 0.770. The molecular weight excluding hydrogens is 312 g/mol. The Hall–Kier alpha value is -0.980. The SMILES string of the molecule is CC(C)(C)OC(=O)[C@H]1C([C@H]2COC(C)(C)O2)[C@H]2CCC(=O)[C@@H]1[C@@H]2O. The first-order valence-corrected chi connectivity index (χ1v) is 8.75. The van der Waals surface area contributed by atoms with Gasteiger partial charge in [0.25, 0.3) is 0 Å². The number of carbonyl (C=O) groups is 2. The van der Waals surface area contributed by atoms with Crippen molar-refractivity contribution < 1.29 is 28.9 Å². The molecule has 2 saturated carbocycles. The van der Waals surface area contributed by atoms with E-state index in [0.717, 1.165) is 0 Å². The second-order valence-corrected chi connectivity index (χ2v) is 8.69. The molecule has 0 aromatic heterocycles. The smallest absolute Gasteiger partial charge is 0.310 e. The van der Waals surface area contributed by atoms with Crippen molar-refractivity contribution in [2.75, 3.05) is 6.61 Å². The van der Waals surface area contributed by atoms with Crippen LogP contribution in [0.1, 0.15) is 47.5 Å². The Morgan fingerprint density at radius 1 is 1.33 bits per heavy atom. The Balaban J connectivity index is 1.91. The number of aliphatic hydroxyl groups excluding tert-OH is 1. The molecule has 2 aliphatic carbocycles. The van der Waals surface area contributed by atoms with Crippen molar-refractivity contribution in [3.63, 3.8) is 0 Å². The van der Waals surface area contributed by atoms with E-state index in [4.69, 9.17) is 14.2 Å². The summed E-state index contributed by atoms with van der Waals surface area (Å²) in [6, 6.07) is 0. The van der Waals surface area contributed by atoms with Gasteiger partial charge in [-0.2, -0.15) is 0 Å². The Kier molecular flexibility index (Phi) is 4.30. The molecule has 0 aromatic rings. The zero-order chi connectivity index (χ0) is 17.9. The van der Waals surface area contributed by atoms with Crippen LogP contribution in [0.25, 0.3) is 0 Å². The summed E-state index contributed by atoms with van der Waals surface area (Å²) in [6.45, 7) is 9.43. The lowest BCUT2D eigenvalue weighted by Gasteiger charge is -2.30. The van der Waals surface area contributed by atoms with Gasteiger partial charge in [-0.15, -0.1) is 0 Å². The highest BCUT2D eigenvalue weighted by Crippen LogP contribution is 2.52. The lowest BCUT2D eigenvalue weighted by atomic mass is 9.82. The van der Waals surface area contributed by atoms with E-state index in [2.05, 4.69) is 0 Å². The molecule has 6 heteroatoms. The van der Waals surface area contributed by atoms with Gasteiger partial charge in [0.05, 0.1) is 30.7 Å². The van der Waals surface area contributed by atoms with Crippen LogP contribution >= 0.6 is 0 Å². The highest BCUT2D eigenvalue weighted by atomic mass is 16.7. The summed E-state index contributed by atoms with van der Waals surface area (Å²) in [7, 11) is 0. The molecule has 1 saturated heterocycles. The van der Waals surface area contributed by atoms with Crippen LogP contribution in [0.4, 0.5) is 0 Å². The number of hydrogen-bond acceptors (Lipinski definition) is 6. The Morgan fingerprint density at radius 3 is 2.54 bits per heavy atom. The molecule has 1 unspecified atom stereocenters. The highest BCUT2D eigenvalue weighted by molar-refractivity contribution is 5.89. The van der Waals surface area contributed by atoms with Gasteiger partial charge in [-0.05, 0) is 47.0 Å². The molecule has 1 heterocycles. The summed E-state index contributed by atoms with van der Waals surface area (Å²) in [5.74, 6) is -2.91. The van der Waals surface area contributed by atoms with E-state index in [9.17, 15) is 14.7 Å². The molecule has 24 heavy (non-hydrogen) atoms. The number of esters is 1. The maximum Gasteiger partial charge on any atom is 0.310 e. The monoisotopic (exact) mass is 340 g/mol. The number of hydrogen-bond donors (Lipinski definition) is 1. The second kappa shape index (κ2) is 5.78. The molecule has 0 spiro atoms. The van der Waals surface area contributed by atoms with Crippen LogP contribution < -0.4 is 0 Å². The summed E-state index contributed by atoms with van der Waals surface area (Å²) in [5, 5.41) is 10.6. The highest BCUT2D eigenvalue weighted by Gasteiger charge is 2.62. The van der Waals surface area contributed by atoms with Crippen LogP contribution in [0, 0.1) is 23.7 Å². The fraction of sp³-hybridized carbons (Fsp3) is 0.889. The van der Waals surface area contributed by atoms with Gasteiger partial charge < -0.3 is 19.3 Å². The Labute approximate surface area is 142 Å². The maximum absolute atomic E-state index is 12.8. The minimum absolute atomic E-state index is 0.0460. The van der Waals surface area contributed by atoms with Crippen molar-refractivity contribution in [1.29, 1.82) is 0 Å². The van der Waals surface area contributed by atoms with Crippen molar-refractivity contribution in [2.24, 2.45) is 23.7 Å². The van der Waals surface area contributed by atoms with Crippen LogP contribution in [0.2, 0.25) is 0 Å². The Morgan fingerprint density at radius 2 is 2.00 bits per heavy atom. The number of rotatable bonds is 2. The number of fused-ring (bicyclic) bond motifs is 2. The minimum atomic E-state index is -0.805. The normalized spacial score (nSPS) is 41.5. The summed E-state index contributed by atoms with van der Waals surface area (Å²) in [6.07, 6.45) is -0.131. The summed E-state index contributed by atoms with van der Waals surface area (Å²) in [4.78, 5) is 25.2. The zero-order valence-electron chi connectivity index (χ0n) is 15.1. The van der Waals surface area contributed by atoms with Gasteiger partial charge in [0.15, 0.2) is 5.79 Å². The number of ether oxygens (including phenoxy) is 3. The zero-order valence-corrected chi connectivity index (χ0v) is 15.1. The minimum Gasteiger partial charge on any atom is -0.460 e. The predicted molar refractivity (Wildman–Crippen MR) is 85.0 cm³/mol. The van der Waals surface area contributed by atoms with Gasteiger partial charge in [0.2, 0.25) is 0 Å². The summed E-state index contributed by atoms with van der Waals surface area (Å²) < 4.78 is 17.2. The molecule has 3 fully saturated rings. The first-order valence-electron chi connectivity index (χ1n) is 8.75. The lowest BCUT2D eigenvalue weighted by molar-refractivity contribution is -0.171. The number of ketones is 1. The summed E-state index contributed by atoms with van der Waals surface area (Å²) in [5.41, 5.74) is -0.640. The van der Waals surface area contributed by atoms with Crippen LogP contribution in [0.5, 0.6) is 0 Å². The molecule has 3 aliphatic rings. The van der Waals surface area contributed by atoms with Crippen molar-refractivity contribution >= 4 is 11.8 Å². The largest absolute Gasteiger partial charge is 0.460 e. The van der Waals surface area contributed by atoms with E-state index >= 15 is 0 Å². The first kappa shape index (κ1) is 17.8. The van der Waals surface area contributed by atoms with Gasteiger partial charge in [-0.25, -0.2) is 0 Å². The van der Waals surface area contributed by atoms with E-state index in [1.54, 1.807) is 20.8 Å². The molecule has 6 atom stereocenters. The van der Waals surface area contributed by atoms with Crippen LogP contribution in [-0.4, -0.2) is 47.1 Å². The second-order valence-electron chi connectivity index (χ2n) is 8.69. The molecule has 6 nitrogen and oxygen atoms in total. The maximum atomic E-state index is 12.8. The number of aliphatic hydroxyl groups is 1. The first-order chi connectivity index (χ1) is 11.0.